The molecule has 1 aromatic carbocycles. The lowest BCUT2D eigenvalue weighted by Gasteiger charge is -2.46. The molecule has 1 amide bonds. The number of nitrogens with one attached hydrogen (secondary N) is 1. The average Bonchev–Trinajstić information content (AvgIpc) is 2.83. The molecule has 1 saturated heterocycles. The standard InChI is InChI=1S/C21H17F6N5O3.C2H6/c1-31-17-12(5-13(18(31)33)19(34)32-7-20(35,8-32)21(25,26)27)16(29-9-30-17)28-6-10-3-2-4-11(14(10)22)15(23)24;1-2/h2-5,9,15,35H,6-8H2,1H3,(H,28,29,30);1-2H3. The fourth-order valence-electron chi connectivity index (χ4n) is 3.73. The van der Waals surface area contributed by atoms with Gasteiger partial charge >= 0.3 is 6.18 Å². The molecule has 2 N–H and O–H groups in total. The first-order valence-corrected chi connectivity index (χ1v) is 11.1. The topological polar surface area (TPSA) is 100 Å². The van der Waals surface area contributed by atoms with Crippen LogP contribution in [0.4, 0.5) is 32.2 Å². The van der Waals surface area contributed by atoms with Gasteiger partial charge in [-0.3, -0.25) is 14.2 Å². The number of carbonyl (C=O) groups excluding carboxylic acids is 1. The highest BCUT2D eigenvalue weighted by Crippen LogP contribution is 2.38. The van der Waals surface area contributed by atoms with Gasteiger partial charge in [0.15, 0.2) is 5.60 Å². The highest BCUT2D eigenvalue weighted by Gasteiger charge is 2.62. The maximum atomic E-state index is 14.4. The predicted octanol–water partition coefficient (Wildman–Crippen LogP) is 3.79. The third-order valence-electron chi connectivity index (χ3n) is 5.74. The smallest absolute Gasteiger partial charge is 0.378 e. The van der Waals surface area contributed by atoms with E-state index in [4.69, 9.17) is 0 Å². The van der Waals surface area contributed by atoms with E-state index in [1.54, 1.807) is 0 Å². The first-order chi connectivity index (χ1) is 17.3. The lowest BCUT2D eigenvalue weighted by molar-refractivity contribution is -0.294. The number of alkyl halides is 5. The molecule has 0 unspecified atom stereocenters. The van der Waals surface area contributed by atoms with E-state index >= 15 is 0 Å². The number of nitrogens with zero attached hydrogens (tertiary/aromatic N) is 4. The molecule has 4 rings (SSSR count). The summed E-state index contributed by atoms with van der Waals surface area (Å²) in [5.74, 6) is -2.12. The summed E-state index contributed by atoms with van der Waals surface area (Å²) in [6.07, 6.45) is -6.88. The lowest BCUT2D eigenvalue weighted by Crippen LogP contribution is -2.70. The van der Waals surface area contributed by atoms with E-state index in [2.05, 4.69) is 15.3 Å². The summed E-state index contributed by atoms with van der Waals surface area (Å²) in [4.78, 5) is 34.1. The third kappa shape index (κ3) is 5.10. The monoisotopic (exact) mass is 531 g/mol. The van der Waals surface area contributed by atoms with Gasteiger partial charge in [-0.05, 0) is 6.07 Å². The van der Waals surface area contributed by atoms with Crippen LogP contribution in [0.15, 0.2) is 35.4 Å². The van der Waals surface area contributed by atoms with Gasteiger partial charge in [0.25, 0.3) is 17.9 Å². The van der Waals surface area contributed by atoms with Crippen LogP contribution in [-0.4, -0.2) is 55.3 Å². The Kier molecular flexibility index (Phi) is 7.81. The van der Waals surface area contributed by atoms with Crippen LogP contribution in [-0.2, 0) is 13.6 Å². The molecule has 0 aliphatic carbocycles. The van der Waals surface area contributed by atoms with Crippen molar-refractivity contribution >= 4 is 22.8 Å². The number of β-amino-alcohol motifs (C(OH)–C–C–N with tert-alkyl or cyclic N) is 1. The zero-order chi connectivity index (χ0) is 27.7. The normalized spacial score (nSPS) is 14.7. The summed E-state index contributed by atoms with van der Waals surface area (Å²) in [7, 11) is 1.28. The third-order valence-corrected chi connectivity index (χ3v) is 5.74. The van der Waals surface area contributed by atoms with Crippen molar-refractivity contribution < 1.29 is 36.2 Å². The summed E-state index contributed by atoms with van der Waals surface area (Å²) in [5, 5.41) is 12.5. The Hall–Kier alpha value is -3.68. The number of anilines is 1. The van der Waals surface area contributed by atoms with E-state index in [0.29, 0.717) is 4.90 Å². The molecule has 2 aromatic heterocycles. The summed E-state index contributed by atoms with van der Waals surface area (Å²) < 4.78 is 80.0. The number of halogens is 6. The van der Waals surface area contributed by atoms with Crippen molar-refractivity contribution in [2.75, 3.05) is 18.4 Å². The van der Waals surface area contributed by atoms with Crippen LogP contribution in [0.5, 0.6) is 0 Å². The minimum absolute atomic E-state index is 0.0249. The summed E-state index contributed by atoms with van der Waals surface area (Å²) in [6.45, 7) is 1.65. The maximum Gasteiger partial charge on any atom is 0.420 e. The van der Waals surface area contributed by atoms with Gasteiger partial charge in [-0.15, -0.1) is 0 Å². The number of amides is 1. The number of rotatable bonds is 5. The number of likely N-dealkylation sites (tertiary alicyclic amines) is 1. The van der Waals surface area contributed by atoms with Gasteiger partial charge in [-0.2, -0.15) is 13.2 Å². The maximum absolute atomic E-state index is 14.4. The van der Waals surface area contributed by atoms with Gasteiger partial charge in [0.05, 0.1) is 24.0 Å². The van der Waals surface area contributed by atoms with Crippen molar-refractivity contribution in [2.45, 2.75) is 38.6 Å². The van der Waals surface area contributed by atoms with Crippen LogP contribution in [0, 0.1) is 5.82 Å². The predicted molar refractivity (Wildman–Crippen MR) is 122 cm³/mol. The Bertz CT molecular complexity index is 1370. The fourth-order valence-corrected chi connectivity index (χ4v) is 3.73. The highest BCUT2D eigenvalue weighted by molar-refractivity contribution is 5.99. The van der Waals surface area contributed by atoms with Gasteiger partial charge in [0.2, 0.25) is 0 Å². The first kappa shape index (κ1) is 27.9. The number of aromatic nitrogens is 3. The molecule has 0 bridgehead atoms. The van der Waals surface area contributed by atoms with Gasteiger partial charge in [0, 0.05) is 19.2 Å². The van der Waals surface area contributed by atoms with Crippen LogP contribution >= 0.6 is 0 Å². The lowest BCUT2D eigenvalue weighted by atomic mass is 9.92. The van der Waals surface area contributed by atoms with Crippen molar-refractivity contribution in [3.8, 4) is 0 Å². The van der Waals surface area contributed by atoms with Gasteiger partial charge < -0.3 is 15.3 Å². The van der Waals surface area contributed by atoms with E-state index in [1.807, 2.05) is 13.8 Å². The van der Waals surface area contributed by atoms with E-state index < -0.39 is 59.7 Å². The van der Waals surface area contributed by atoms with Crippen LogP contribution in [0.25, 0.3) is 11.0 Å². The Morgan fingerprint density at radius 1 is 1.22 bits per heavy atom. The van der Waals surface area contributed by atoms with Gasteiger partial charge in [-0.25, -0.2) is 23.1 Å². The molecule has 0 atom stereocenters. The van der Waals surface area contributed by atoms with Crippen LogP contribution < -0.4 is 10.9 Å². The van der Waals surface area contributed by atoms with Crippen LogP contribution in [0.1, 0.15) is 41.8 Å². The minimum atomic E-state index is -4.94. The second-order valence-corrected chi connectivity index (χ2v) is 8.05. The molecule has 0 saturated carbocycles. The second-order valence-electron chi connectivity index (χ2n) is 8.05. The van der Waals surface area contributed by atoms with Crippen molar-refractivity contribution in [3.05, 3.63) is 63.5 Å². The molecule has 3 aromatic rings. The average molecular weight is 531 g/mol. The largest absolute Gasteiger partial charge is 0.420 e. The van der Waals surface area contributed by atoms with E-state index in [1.165, 1.54) is 19.2 Å². The fraction of sp³-hybridized carbons (Fsp3) is 0.391. The Labute approximate surface area is 206 Å². The summed E-state index contributed by atoms with van der Waals surface area (Å²) in [6, 6.07) is 4.58. The van der Waals surface area contributed by atoms with Crippen molar-refractivity contribution in [1.82, 2.24) is 19.4 Å². The number of benzene rings is 1. The zero-order valence-corrected chi connectivity index (χ0v) is 19.9. The van der Waals surface area contributed by atoms with Crippen molar-refractivity contribution in [3.63, 3.8) is 0 Å². The number of pyridine rings is 1. The number of fused-ring (bicyclic) bond motifs is 1. The molecule has 1 fully saturated rings. The quantitative estimate of drug-likeness (QED) is 0.486. The molecular formula is C23H23F6N5O3. The second kappa shape index (κ2) is 10.4. The molecule has 1 aliphatic heterocycles. The van der Waals surface area contributed by atoms with E-state index in [0.717, 1.165) is 23.0 Å². The molecular weight excluding hydrogens is 508 g/mol. The highest BCUT2D eigenvalue weighted by atomic mass is 19.4. The minimum Gasteiger partial charge on any atom is -0.378 e. The first-order valence-electron chi connectivity index (χ1n) is 11.1. The van der Waals surface area contributed by atoms with Gasteiger partial charge in [-0.1, -0.05) is 32.0 Å². The summed E-state index contributed by atoms with van der Waals surface area (Å²) >= 11 is 0. The molecule has 0 radical (unpaired) electrons. The number of hydrogen-bond donors (Lipinski definition) is 2. The number of aryl methyl sites for hydroxylation is 1. The molecule has 1 aliphatic rings. The van der Waals surface area contributed by atoms with Crippen molar-refractivity contribution in [2.24, 2.45) is 7.05 Å². The Balaban J connectivity index is 0.00000186. The van der Waals surface area contributed by atoms with Crippen LogP contribution in [0.3, 0.4) is 0 Å². The molecule has 8 nitrogen and oxygen atoms in total. The summed E-state index contributed by atoms with van der Waals surface area (Å²) in [5.41, 5.74) is -5.21. The van der Waals surface area contributed by atoms with Gasteiger partial charge in [0.1, 0.15) is 29.2 Å². The SMILES string of the molecule is CC.Cn1c(=O)c(C(=O)N2CC(O)(C(F)(F)F)C2)cc2c(NCc3cccc(C(F)F)c3F)ncnc21. The van der Waals surface area contributed by atoms with Crippen molar-refractivity contribution in [1.29, 1.82) is 0 Å². The number of hydrogen-bond acceptors (Lipinski definition) is 6. The Morgan fingerprint density at radius 3 is 2.46 bits per heavy atom. The molecule has 200 valence electrons. The van der Waals surface area contributed by atoms with Crippen LogP contribution in [0.2, 0.25) is 0 Å². The molecule has 0 spiro atoms. The number of carbonyl (C=O) groups is 1. The zero-order valence-electron chi connectivity index (χ0n) is 19.9. The molecule has 37 heavy (non-hydrogen) atoms. The number of aliphatic hydroxyl groups is 1. The molecule has 3 heterocycles. The van der Waals surface area contributed by atoms with E-state index in [9.17, 15) is 41.0 Å². The Morgan fingerprint density at radius 2 is 1.86 bits per heavy atom. The van der Waals surface area contributed by atoms with E-state index in [-0.39, 0.29) is 29.0 Å². The molecule has 14 heteroatoms.